The molecule has 6 heteroatoms. The van der Waals surface area contributed by atoms with Gasteiger partial charge in [-0.3, -0.25) is 0 Å². The fraction of sp³-hybridized carbons (Fsp3) is 0.467. The molecule has 0 spiro atoms. The van der Waals surface area contributed by atoms with Gasteiger partial charge in [0, 0.05) is 18.8 Å². The minimum absolute atomic E-state index is 0.128. The summed E-state index contributed by atoms with van der Waals surface area (Å²) in [6.45, 7) is 4.64. The molecule has 1 aliphatic heterocycles. The number of anilines is 1. The van der Waals surface area contributed by atoms with Crippen molar-refractivity contribution in [2.45, 2.75) is 26.4 Å². The van der Waals surface area contributed by atoms with Crippen LogP contribution >= 0.6 is 0 Å². The molecule has 1 fully saturated rings. The number of aliphatic hydroxyl groups is 1. The van der Waals surface area contributed by atoms with Crippen molar-refractivity contribution in [1.29, 1.82) is 0 Å². The molecule has 0 bridgehead atoms. The van der Waals surface area contributed by atoms with Crippen molar-refractivity contribution in [2.24, 2.45) is 5.92 Å². The molecule has 0 radical (unpaired) electrons. The van der Waals surface area contributed by atoms with Gasteiger partial charge in [0.1, 0.15) is 0 Å². The van der Waals surface area contributed by atoms with E-state index in [0.717, 1.165) is 12.0 Å². The van der Waals surface area contributed by atoms with Crippen molar-refractivity contribution in [2.75, 3.05) is 18.4 Å². The maximum atomic E-state index is 12.2. The summed E-state index contributed by atoms with van der Waals surface area (Å²) in [5, 5.41) is 21.5. The van der Waals surface area contributed by atoms with Gasteiger partial charge < -0.3 is 20.4 Å². The molecule has 2 unspecified atom stereocenters. The third-order valence-electron chi connectivity index (χ3n) is 3.93. The minimum atomic E-state index is -1.03. The smallest absolute Gasteiger partial charge is 0.335 e. The van der Waals surface area contributed by atoms with E-state index in [9.17, 15) is 14.7 Å². The number of hydrogen-bond donors (Lipinski definition) is 3. The fourth-order valence-electron chi connectivity index (χ4n) is 2.32. The minimum Gasteiger partial charge on any atom is -0.478 e. The van der Waals surface area contributed by atoms with E-state index >= 15 is 0 Å². The van der Waals surface area contributed by atoms with Crippen molar-refractivity contribution >= 4 is 17.7 Å². The molecule has 0 saturated carbocycles. The number of nitrogens with one attached hydrogen (secondary N) is 1. The van der Waals surface area contributed by atoms with Crippen LogP contribution in [0.2, 0.25) is 0 Å². The molecule has 3 N–H and O–H groups in total. The van der Waals surface area contributed by atoms with Gasteiger partial charge in [0.05, 0.1) is 11.7 Å². The molecular formula is C15H20N2O4. The number of aliphatic hydroxyl groups excluding tert-OH is 1. The number of rotatable bonds is 2. The highest BCUT2D eigenvalue weighted by Crippen LogP contribution is 2.20. The van der Waals surface area contributed by atoms with Gasteiger partial charge in [-0.25, -0.2) is 9.59 Å². The molecule has 21 heavy (non-hydrogen) atoms. The van der Waals surface area contributed by atoms with Gasteiger partial charge in [-0.1, -0.05) is 13.0 Å². The Morgan fingerprint density at radius 1 is 1.38 bits per heavy atom. The molecule has 1 heterocycles. The topological polar surface area (TPSA) is 89.9 Å². The molecule has 2 amide bonds. The number of aryl methyl sites for hydroxylation is 1. The molecule has 1 aromatic carbocycles. The van der Waals surface area contributed by atoms with Gasteiger partial charge >= 0.3 is 12.0 Å². The van der Waals surface area contributed by atoms with Crippen LogP contribution < -0.4 is 5.32 Å². The first kappa shape index (κ1) is 15.3. The number of hydrogen-bond acceptors (Lipinski definition) is 3. The maximum absolute atomic E-state index is 12.2. The normalized spacial score (nSPS) is 22.0. The Balaban J connectivity index is 2.09. The van der Waals surface area contributed by atoms with Crippen molar-refractivity contribution in [3.8, 4) is 0 Å². The Hall–Kier alpha value is -2.08. The molecule has 114 valence electrons. The lowest BCUT2D eigenvalue weighted by Gasteiger charge is -2.34. The lowest BCUT2D eigenvalue weighted by Crippen LogP contribution is -2.47. The molecular weight excluding hydrogens is 272 g/mol. The van der Waals surface area contributed by atoms with Gasteiger partial charge in [-0.15, -0.1) is 0 Å². The number of carbonyl (C=O) groups is 2. The summed E-state index contributed by atoms with van der Waals surface area (Å²) in [7, 11) is 0. The SMILES string of the molecule is Cc1ccc(C(=O)O)cc1NC(=O)N1CCC(C)C(O)C1. The highest BCUT2D eigenvalue weighted by molar-refractivity contribution is 5.94. The van der Waals surface area contributed by atoms with Crippen LogP contribution in [0.25, 0.3) is 0 Å². The Labute approximate surface area is 123 Å². The summed E-state index contributed by atoms with van der Waals surface area (Å²) >= 11 is 0. The summed E-state index contributed by atoms with van der Waals surface area (Å²) in [5.41, 5.74) is 1.40. The van der Waals surface area contributed by atoms with Gasteiger partial charge in [-0.2, -0.15) is 0 Å². The van der Waals surface area contributed by atoms with Crippen molar-refractivity contribution in [3.63, 3.8) is 0 Å². The standard InChI is InChI=1S/C15H20N2O4/c1-9-3-4-11(14(19)20)7-12(9)16-15(21)17-6-5-10(2)13(18)8-17/h3-4,7,10,13,18H,5-6,8H2,1-2H3,(H,16,21)(H,19,20). The van der Waals surface area contributed by atoms with E-state index in [-0.39, 0.29) is 17.5 Å². The van der Waals surface area contributed by atoms with E-state index in [1.807, 2.05) is 6.92 Å². The first-order valence-electron chi connectivity index (χ1n) is 6.96. The molecule has 1 saturated heterocycles. The molecule has 0 aliphatic carbocycles. The molecule has 0 aromatic heterocycles. The second kappa shape index (κ2) is 6.13. The number of amides is 2. The lowest BCUT2D eigenvalue weighted by molar-refractivity contribution is 0.0464. The number of carboxylic acids is 1. The monoisotopic (exact) mass is 292 g/mol. The first-order chi connectivity index (χ1) is 9.88. The zero-order valence-corrected chi connectivity index (χ0v) is 12.2. The number of likely N-dealkylation sites (tertiary alicyclic amines) is 1. The van der Waals surface area contributed by atoms with E-state index in [1.165, 1.54) is 12.1 Å². The fourth-order valence-corrected chi connectivity index (χ4v) is 2.32. The van der Waals surface area contributed by atoms with E-state index in [2.05, 4.69) is 5.32 Å². The quantitative estimate of drug-likeness (QED) is 0.777. The summed E-state index contributed by atoms with van der Waals surface area (Å²) in [6.07, 6.45) is 0.235. The van der Waals surface area contributed by atoms with Crippen molar-refractivity contribution in [3.05, 3.63) is 29.3 Å². The van der Waals surface area contributed by atoms with Gasteiger partial charge in [0.15, 0.2) is 0 Å². The molecule has 1 aromatic rings. The van der Waals surface area contributed by atoms with Crippen LogP contribution in [-0.2, 0) is 0 Å². The van der Waals surface area contributed by atoms with Crippen molar-refractivity contribution < 1.29 is 19.8 Å². The van der Waals surface area contributed by atoms with Crippen LogP contribution in [-0.4, -0.2) is 46.3 Å². The zero-order chi connectivity index (χ0) is 15.6. The number of piperidine rings is 1. The highest BCUT2D eigenvalue weighted by Gasteiger charge is 2.27. The predicted molar refractivity (Wildman–Crippen MR) is 78.5 cm³/mol. The molecule has 2 atom stereocenters. The Kier molecular flexibility index (Phi) is 4.47. The summed E-state index contributed by atoms with van der Waals surface area (Å²) in [6, 6.07) is 4.29. The number of urea groups is 1. The zero-order valence-electron chi connectivity index (χ0n) is 12.2. The molecule has 2 rings (SSSR count). The summed E-state index contributed by atoms with van der Waals surface area (Å²) in [5.74, 6) is -0.848. The third kappa shape index (κ3) is 3.52. The lowest BCUT2D eigenvalue weighted by atomic mass is 9.96. The largest absolute Gasteiger partial charge is 0.478 e. The van der Waals surface area contributed by atoms with Crippen LogP contribution in [0, 0.1) is 12.8 Å². The predicted octanol–water partition coefficient (Wildman–Crippen LogP) is 1.93. The Morgan fingerprint density at radius 3 is 2.71 bits per heavy atom. The highest BCUT2D eigenvalue weighted by atomic mass is 16.4. The van der Waals surface area contributed by atoms with E-state index in [0.29, 0.717) is 18.8 Å². The summed E-state index contributed by atoms with van der Waals surface area (Å²) < 4.78 is 0. The number of β-amino-alcohol motifs (C(OH)–C–C–N with tert-alkyl or cyclic N) is 1. The summed E-state index contributed by atoms with van der Waals surface area (Å²) in [4.78, 5) is 24.7. The number of nitrogens with zero attached hydrogens (tertiary/aromatic N) is 1. The second-order valence-corrected chi connectivity index (χ2v) is 5.54. The average Bonchev–Trinajstić information content (AvgIpc) is 2.43. The first-order valence-corrected chi connectivity index (χ1v) is 6.96. The maximum Gasteiger partial charge on any atom is 0.335 e. The number of carboxylic acid groups (broad SMARTS) is 1. The number of aromatic carboxylic acids is 1. The van der Waals surface area contributed by atoms with Crippen LogP contribution in [0.3, 0.4) is 0 Å². The van der Waals surface area contributed by atoms with E-state index < -0.39 is 12.1 Å². The van der Waals surface area contributed by atoms with E-state index in [1.54, 1.807) is 17.9 Å². The Bertz CT molecular complexity index is 559. The number of benzene rings is 1. The van der Waals surface area contributed by atoms with Crippen LogP contribution in [0.1, 0.15) is 29.3 Å². The Morgan fingerprint density at radius 2 is 2.10 bits per heavy atom. The van der Waals surface area contributed by atoms with Gasteiger partial charge in [-0.05, 0) is 37.0 Å². The van der Waals surface area contributed by atoms with Crippen molar-refractivity contribution in [1.82, 2.24) is 4.90 Å². The average molecular weight is 292 g/mol. The van der Waals surface area contributed by atoms with E-state index in [4.69, 9.17) is 5.11 Å². The van der Waals surface area contributed by atoms with Crippen LogP contribution in [0.5, 0.6) is 0 Å². The number of carbonyl (C=O) groups excluding carboxylic acids is 1. The van der Waals surface area contributed by atoms with Gasteiger partial charge in [0.2, 0.25) is 0 Å². The van der Waals surface area contributed by atoms with Gasteiger partial charge in [0.25, 0.3) is 0 Å². The second-order valence-electron chi connectivity index (χ2n) is 5.54. The molecule has 1 aliphatic rings. The van der Waals surface area contributed by atoms with Crippen LogP contribution in [0.15, 0.2) is 18.2 Å². The molecule has 6 nitrogen and oxygen atoms in total. The third-order valence-corrected chi connectivity index (χ3v) is 3.93. The van der Waals surface area contributed by atoms with Crippen LogP contribution in [0.4, 0.5) is 10.5 Å².